The van der Waals surface area contributed by atoms with Crippen LogP contribution in [-0.4, -0.2) is 31.5 Å². The van der Waals surface area contributed by atoms with Crippen LogP contribution in [0.3, 0.4) is 0 Å². The van der Waals surface area contributed by atoms with E-state index >= 15 is 0 Å². The molecule has 1 atom stereocenters. The van der Waals surface area contributed by atoms with Crippen LogP contribution in [0.4, 0.5) is 5.69 Å². The van der Waals surface area contributed by atoms with Crippen LogP contribution in [0, 0.1) is 13.8 Å². The average Bonchev–Trinajstić information content (AvgIpc) is 3.13. The third-order valence-electron chi connectivity index (χ3n) is 4.35. The second-order valence-electron chi connectivity index (χ2n) is 6.25. The number of hydrogen-bond acceptors (Lipinski definition) is 3. The van der Waals surface area contributed by atoms with Crippen LogP contribution in [0.5, 0.6) is 0 Å². The Bertz CT molecular complexity index is 773. The van der Waals surface area contributed by atoms with Crippen molar-refractivity contribution < 1.29 is 9.21 Å². The summed E-state index contributed by atoms with van der Waals surface area (Å²) in [5.41, 5.74) is 2.04. The van der Waals surface area contributed by atoms with E-state index in [2.05, 4.69) is 15.6 Å². The lowest BCUT2D eigenvalue weighted by molar-refractivity contribution is -0.117. The highest BCUT2D eigenvalue weighted by atomic mass is 127. The summed E-state index contributed by atoms with van der Waals surface area (Å²) >= 11 is 0. The summed E-state index contributed by atoms with van der Waals surface area (Å²) in [5.74, 6) is 2.62. The molecule has 1 amide bonds. The monoisotopic (exact) mass is 468 g/mol. The minimum Gasteiger partial charge on any atom is -0.466 e. The zero-order valence-electron chi connectivity index (χ0n) is 15.3. The van der Waals surface area contributed by atoms with Gasteiger partial charge in [-0.3, -0.25) is 9.79 Å². The topological polar surface area (TPSA) is 69.9 Å². The number of halogens is 1. The van der Waals surface area contributed by atoms with Crippen molar-refractivity contribution in [1.82, 2.24) is 10.6 Å². The van der Waals surface area contributed by atoms with E-state index in [4.69, 9.17) is 4.42 Å². The van der Waals surface area contributed by atoms with Crippen molar-refractivity contribution in [3.8, 4) is 0 Å². The van der Waals surface area contributed by atoms with Crippen molar-refractivity contribution in [2.24, 2.45) is 4.99 Å². The Balaban J connectivity index is 0.00000243. The van der Waals surface area contributed by atoms with Gasteiger partial charge in [0.15, 0.2) is 5.96 Å². The highest BCUT2D eigenvalue weighted by Crippen LogP contribution is 2.21. The van der Waals surface area contributed by atoms with Gasteiger partial charge in [0.05, 0.1) is 6.04 Å². The van der Waals surface area contributed by atoms with E-state index < -0.39 is 0 Å². The van der Waals surface area contributed by atoms with Crippen molar-refractivity contribution >= 4 is 41.5 Å². The Labute approximate surface area is 171 Å². The Morgan fingerprint density at radius 1 is 1.31 bits per heavy atom. The van der Waals surface area contributed by atoms with Gasteiger partial charge in [0.1, 0.15) is 11.5 Å². The highest BCUT2D eigenvalue weighted by Gasteiger charge is 2.31. The minimum absolute atomic E-state index is 0. The zero-order valence-corrected chi connectivity index (χ0v) is 17.6. The average molecular weight is 468 g/mol. The van der Waals surface area contributed by atoms with E-state index in [1.165, 1.54) is 0 Å². The molecule has 2 aromatic rings. The molecule has 7 heteroatoms. The Morgan fingerprint density at radius 2 is 2.04 bits per heavy atom. The Morgan fingerprint density at radius 3 is 2.65 bits per heavy atom. The van der Waals surface area contributed by atoms with E-state index in [0.29, 0.717) is 25.5 Å². The van der Waals surface area contributed by atoms with Gasteiger partial charge in [0.2, 0.25) is 5.91 Å². The van der Waals surface area contributed by atoms with Gasteiger partial charge in [-0.1, -0.05) is 18.2 Å². The number of nitrogens with one attached hydrogen (secondary N) is 2. The fourth-order valence-corrected chi connectivity index (χ4v) is 3.09. The molecule has 1 aromatic heterocycles. The summed E-state index contributed by atoms with van der Waals surface area (Å²) in [6.07, 6.45) is 0.458. The van der Waals surface area contributed by atoms with Crippen LogP contribution in [0.15, 0.2) is 45.8 Å². The molecule has 0 bridgehead atoms. The third kappa shape index (κ3) is 4.78. The lowest BCUT2D eigenvalue weighted by Gasteiger charge is -2.19. The third-order valence-corrected chi connectivity index (χ3v) is 4.35. The first kappa shape index (κ1) is 20.3. The SMILES string of the molecule is CN=C(NCc1cc(C)oc1C)NC1CC(=O)N(c2ccccc2)C1.I. The van der Waals surface area contributed by atoms with Gasteiger partial charge in [-0.15, -0.1) is 24.0 Å². The zero-order chi connectivity index (χ0) is 17.8. The molecular weight excluding hydrogens is 443 g/mol. The van der Waals surface area contributed by atoms with Gasteiger partial charge in [-0.25, -0.2) is 0 Å². The molecule has 140 valence electrons. The number of hydrogen-bond donors (Lipinski definition) is 2. The van der Waals surface area contributed by atoms with E-state index in [9.17, 15) is 4.79 Å². The van der Waals surface area contributed by atoms with Crippen LogP contribution in [0.2, 0.25) is 0 Å². The molecule has 1 aliphatic rings. The van der Waals surface area contributed by atoms with Gasteiger partial charge in [0, 0.05) is 37.8 Å². The molecule has 2 heterocycles. The smallest absolute Gasteiger partial charge is 0.229 e. The normalized spacial score (nSPS) is 17.2. The van der Waals surface area contributed by atoms with Gasteiger partial charge in [0.25, 0.3) is 0 Å². The van der Waals surface area contributed by atoms with Gasteiger partial charge in [-0.05, 0) is 32.0 Å². The number of aryl methyl sites for hydroxylation is 2. The molecule has 26 heavy (non-hydrogen) atoms. The van der Waals surface area contributed by atoms with Crippen molar-refractivity contribution in [1.29, 1.82) is 0 Å². The van der Waals surface area contributed by atoms with Crippen LogP contribution in [0.25, 0.3) is 0 Å². The standard InChI is InChI=1S/C19H24N4O2.HI/c1-13-9-15(14(2)25-13)11-21-19(20-3)22-16-10-18(24)23(12-16)17-7-5-4-6-8-17;/h4-9,16H,10-12H2,1-3H3,(H2,20,21,22);1H. The number of carbonyl (C=O) groups is 1. The number of aliphatic imine (C=N–C) groups is 1. The molecule has 0 saturated carbocycles. The molecule has 1 unspecified atom stereocenters. The van der Waals surface area contributed by atoms with E-state index in [0.717, 1.165) is 22.8 Å². The van der Waals surface area contributed by atoms with Gasteiger partial charge >= 0.3 is 0 Å². The molecule has 6 nitrogen and oxygen atoms in total. The first-order chi connectivity index (χ1) is 12.1. The number of benzene rings is 1. The number of anilines is 1. The maximum absolute atomic E-state index is 12.3. The van der Waals surface area contributed by atoms with Crippen molar-refractivity contribution in [3.63, 3.8) is 0 Å². The summed E-state index contributed by atoms with van der Waals surface area (Å²) in [7, 11) is 1.73. The molecule has 0 radical (unpaired) electrons. The molecular formula is C19H25IN4O2. The first-order valence-corrected chi connectivity index (χ1v) is 8.45. The summed E-state index contributed by atoms with van der Waals surface area (Å²) in [4.78, 5) is 18.4. The van der Waals surface area contributed by atoms with E-state index in [1.807, 2.05) is 55.1 Å². The summed E-state index contributed by atoms with van der Waals surface area (Å²) in [6.45, 7) is 5.15. The molecule has 1 saturated heterocycles. The predicted molar refractivity (Wildman–Crippen MR) is 114 cm³/mol. The van der Waals surface area contributed by atoms with E-state index in [1.54, 1.807) is 7.05 Å². The summed E-state index contributed by atoms with van der Waals surface area (Å²) in [6, 6.07) is 11.8. The van der Waals surface area contributed by atoms with Crippen LogP contribution in [0.1, 0.15) is 23.5 Å². The summed E-state index contributed by atoms with van der Waals surface area (Å²) in [5, 5.41) is 6.62. The first-order valence-electron chi connectivity index (χ1n) is 8.45. The number of furan rings is 1. The number of guanidine groups is 1. The highest BCUT2D eigenvalue weighted by molar-refractivity contribution is 14.0. The minimum atomic E-state index is 0. The Hall–Kier alpha value is -2.03. The molecule has 1 aromatic carbocycles. The second kappa shape index (κ2) is 9.07. The molecule has 1 aliphatic heterocycles. The van der Waals surface area contributed by atoms with Crippen molar-refractivity contribution in [3.05, 3.63) is 53.5 Å². The van der Waals surface area contributed by atoms with Crippen molar-refractivity contribution in [2.45, 2.75) is 32.9 Å². The second-order valence-corrected chi connectivity index (χ2v) is 6.25. The molecule has 0 aliphatic carbocycles. The lowest BCUT2D eigenvalue weighted by atomic mass is 10.2. The number of para-hydroxylation sites is 1. The van der Waals surface area contributed by atoms with Crippen molar-refractivity contribution in [2.75, 3.05) is 18.5 Å². The summed E-state index contributed by atoms with van der Waals surface area (Å²) < 4.78 is 5.54. The molecule has 1 fully saturated rings. The largest absolute Gasteiger partial charge is 0.466 e. The van der Waals surface area contributed by atoms with Crippen LogP contribution >= 0.6 is 24.0 Å². The lowest BCUT2D eigenvalue weighted by Crippen LogP contribution is -2.44. The van der Waals surface area contributed by atoms with Crippen LogP contribution in [-0.2, 0) is 11.3 Å². The maximum atomic E-state index is 12.3. The van der Waals surface area contributed by atoms with Gasteiger partial charge < -0.3 is 20.0 Å². The quantitative estimate of drug-likeness (QED) is 0.412. The number of amides is 1. The maximum Gasteiger partial charge on any atom is 0.229 e. The molecule has 3 rings (SSSR count). The number of nitrogens with zero attached hydrogens (tertiary/aromatic N) is 2. The van der Waals surface area contributed by atoms with Gasteiger partial charge in [-0.2, -0.15) is 0 Å². The predicted octanol–water partition coefficient (Wildman–Crippen LogP) is 2.98. The number of carbonyl (C=O) groups excluding carboxylic acids is 1. The fraction of sp³-hybridized carbons (Fsp3) is 0.368. The Kier molecular flexibility index (Phi) is 7.07. The number of rotatable bonds is 4. The van der Waals surface area contributed by atoms with Crippen LogP contribution < -0.4 is 15.5 Å². The van der Waals surface area contributed by atoms with E-state index in [-0.39, 0.29) is 35.9 Å². The molecule has 0 spiro atoms. The molecule has 2 N–H and O–H groups in total. The fourth-order valence-electron chi connectivity index (χ4n) is 3.09.